The van der Waals surface area contributed by atoms with Gasteiger partial charge in [-0.1, -0.05) is 12.1 Å². The second-order valence-electron chi connectivity index (χ2n) is 5.29. The number of halogens is 1. The zero-order valence-corrected chi connectivity index (χ0v) is 12.2. The molecule has 118 valence electrons. The molecule has 0 saturated carbocycles. The number of benzene rings is 1. The fourth-order valence-corrected chi connectivity index (χ4v) is 2.31. The molecule has 2 rings (SSSR count). The van der Waals surface area contributed by atoms with Crippen LogP contribution in [0.5, 0.6) is 0 Å². The molecule has 1 aliphatic rings. The van der Waals surface area contributed by atoms with Gasteiger partial charge in [0.2, 0.25) is 11.8 Å². The number of imide groups is 1. The summed E-state index contributed by atoms with van der Waals surface area (Å²) in [6, 6.07) is 5.14. The first kappa shape index (κ1) is 15.9. The molecule has 1 aliphatic heterocycles. The predicted octanol–water partition coefficient (Wildman–Crippen LogP) is 0.719. The van der Waals surface area contributed by atoms with Gasteiger partial charge < -0.3 is 10.6 Å². The molecule has 3 N–H and O–H groups in total. The van der Waals surface area contributed by atoms with Gasteiger partial charge in [0.25, 0.3) is 0 Å². The van der Waals surface area contributed by atoms with Crippen molar-refractivity contribution in [2.75, 3.05) is 6.54 Å². The van der Waals surface area contributed by atoms with E-state index in [-0.39, 0.29) is 24.2 Å². The van der Waals surface area contributed by atoms with E-state index in [0.717, 1.165) is 5.56 Å². The lowest BCUT2D eigenvalue weighted by atomic mass is 9.94. The lowest BCUT2D eigenvalue weighted by Gasteiger charge is -2.28. The smallest absolute Gasteiger partial charge is 0.321 e. The number of rotatable bonds is 5. The van der Waals surface area contributed by atoms with Crippen molar-refractivity contribution in [2.45, 2.75) is 25.8 Å². The summed E-state index contributed by atoms with van der Waals surface area (Å²) in [5.41, 5.74) is 0.915. The monoisotopic (exact) mass is 307 g/mol. The maximum atomic E-state index is 12.8. The molecule has 1 saturated heterocycles. The first-order valence-corrected chi connectivity index (χ1v) is 7.08. The second-order valence-corrected chi connectivity index (χ2v) is 5.29. The van der Waals surface area contributed by atoms with E-state index < -0.39 is 17.9 Å². The Labute approximate surface area is 127 Å². The van der Waals surface area contributed by atoms with Crippen molar-refractivity contribution in [3.05, 3.63) is 35.6 Å². The van der Waals surface area contributed by atoms with Gasteiger partial charge in [-0.2, -0.15) is 0 Å². The predicted molar refractivity (Wildman–Crippen MR) is 77.4 cm³/mol. The second kappa shape index (κ2) is 7.02. The molecule has 2 atom stereocenters. The standard InChI is InChI=1S/C15H18FN3O3/c1-9-12(14(21)19-15(22)18-9)8-13(20)17-7-6-10-2-4-11(16)5-3-10/h2-5,9,12H,6-8H2,1H3,(H,17,20)(H2,18,19,21,22). The summed E-state index contributed by atoms with van der Waals surface area (Å²) < 4.78 is 12.8. The Bertz CT molecular complexity index is 574. The van der Waals surface area contributed by atoms with E-state index in [9.17, 15) is 18.8 Å². The maximum Gasteiger partial charge on any atom is 0.321 e. The van der Waals surface area contributed by atoms with Crippen molar-refractivity contribution >= 4 is 17.8 Å². The highest BCUT2D eigenvalue weighted by Crippen LogP contribution is 2.12. The highest BCUT2D eigenvalue weighted by molar-refractivity contribution is 6.00. The van der Waals surface area contributed by atoms with Crippen molar-refractivity contribution in [1.29, 1.82) is 0 Å². The van der Waals surface area contributed by atoms with Gasteiger partial charge in [-0.3, -0.25) is 14.9 Å². The van der Waals surface area contributed by atoms with Crippen molar-refractivity contribution in [3.8, 4) is 0 Å². The van der Waals surface area contributed by atoms with Crippen LogP contribution in [0.4, 0.5) is 9.18 Å². The van der Waals surface area contributed by atoms with Crippen molar-refractivity contribution < 1.29 is 18.8 Å². The number of amides is 4. The van der Waals surface area contributed by atoms with Crippen LogP contribution in [0.1, 0.15) is 18.9 Å². The van der Waals surface area contributed by atoms with Crippen LogP contribution in [-0.4, -0.2) is 30.4 Å². The molecule has 2 unspecified atom stereocenters. The van der Waals surface area contributed by atoms with Crippen LogP contribution in [0.2, 0.25) is 0 Å². The summed E-state index contributed by atoms with van der Waals surface area (Å²) in [5, 5.41) is 7.43. The molecule has 1 aromatic rings. The Morgan fingerprint density at radius 1 is 1.27 bits per heavy atom. The van der Waals surface area contributed by atoms with Crippen molar-refractivity contribution in [1.82, 2.24) is 16.0 Å². The van der Waals surface area contributed by atoms with E-state index in [2.05, 4.69) is 16.0 Å². The van der Waals surface area contributed by atoms with Crippen molar-refractivity contribution in [2.24, 2.45) is 5.92 Å². The van der Waals surface area contributed by atoms with Crippen LogP contribution in [0, 0.1) is 11.7 Å². The van der Waals surface area contributed by atoms with Gasteiger partial charge in [0, 0.05) is 19.0 Å². The topological polar surface area (TPSA) is 87.3 Å². The lowest BCUT2D eigenvalue weighted by Crippen LogP contribution is -2.57. The molecule has 0 radical (unpaired) electrons. The zero-order chi connectivity index (χ0) is 16.1. The van der Waals surface area contributed by atoms with Crippen molar-refractivity contribution in [3.63, 3.8) is 0 Å². The van der Waals surface area contributed by atoms with Gasteiger partial charge in [0.1, 0.15) is 5.82 Å². The molecule has 7 heteroatoms. The minimum atomic E-state index is -0.580. The fourth-order valence-electron chi connectivity index (χ4n) is 2.31. The fraction of sp³-hybridized carbons (Fsp3) is 0.400. The van der Waals surface area contributed by atoms with Gasteiger partial charge in [-0.25, -0.2) is 9.18 Å². The van der Waals surface area contributed by atoms with Crippen LogP contribution in [0.3, 0.4) is 0 Å². The summed E-state index contributed by atoms with van der Waals surface area (Å²) in [6.07, 6.45) is 0.589. The molecule has 22 heavy (non-hydrogen) atoms. The SMILES string of the molecule is CC1NC(=O)NC(=O)C1CC(=O)NCCc1ccc(F)cc1. The Morgan fingerprint density at radius 3 is 2.59 bits per heavy atom. The number of carbonyl (C=O) groups is 3. The largest absolute Gasteiger partial charge is 0.356 e. The lowest BCUT2D eigenvalue weighted by molar-refractivity contribution is -0.131. The highest BCUT2D eigenvalue weighted by Gasteiger charge is 2.33. The number of carbonyl (C=O) groups excluding carboxylic acids is 3. The van der Waals surface area contributed by atoms with E-state index >= 15 is 0 Å². The number of hydrogen-bond acceptors (Lipinski definition) is 3. The third-order valence-electron chi connectivity index (χ3n) is 3.59. The zero-order valence-electron chi connectivity index (χ0n) is 12.2. The third-order valence-corrected chi connectivity index (χ3v) is 3.59. The van der Waals surface area contributed by atoms with Gasteiger partial charge in [0.05, 0.1) is 5.92 Å². The van der Waals surface area contributed by atoms with Crippen LogP contribution in [-0.2, 0) is 16.0 Å². The van der Waals surface area contributed by atoms with Gasteiger partial charge in [-0.15, -0.1) is 0 Å². The average molecular weight is 307 g/mol. The summed E-state index contributed by atoms with van der Waals surface area (Å²) >= 11 is 0. The molecule has 0 bridgehead atoms. The molecule has 0 spiro atoms. The number of urea groups is 1. The maximum absolute atomic E-state index is 12.8. The minimum absolute atomic E-state index is 0.0106. The van der Waals surface area contributed by atoms with E-state index in [1.165, 1.54) is 12.1 Å². The molecule has 1 aromatic carbocycles. The first-order chi connectivity index (χ1) is 10.5. The molecule has 4 amide bonds. The van der Waals surface area contributed by atoms with E-state index in [4.69, 9.17) is 0 Å². The van der Waals surface area contributed by atoms with Crippen LogP contribution >= 0.6 is 0 Å². The van der Waals surface area contributed by atoms with E-state index in [1.807, 2.05) is 0 Å². The average Bonchev–Trinajstić information content (AvgIpc) is 2.45. The molecule has 0 aliphatic carbocycles. The van der Waals surface area contributed by atoms with Crippen LogP contribution in [0.25, 0.3) is 0 Å². The van der Waals surface area contributed by atoms with Gasteiger partial charge >= 0.3 is 6.03 Å². The van der Waals surface area contributed by atoms with Gasteiger partial charge in [-0.05, 0) is 31.0 Å². The summed E-state index contributed by atoms with van der Waals surface area (Å²) in [7, 11) is 0. The Hall–Kier alpha value is -2.44. The molecule has 6 nitrogen and oxygen atoms in total. The molecule has 1 heterocycles. The number of hydrogen-bond donors (Lipinski definition) is 3. The van der Waals surface area contributed by atoms with Crippen LogP contribution in [0.15, 0.2) is 24.3 Å². The Balaban J connectivity index is 1.77. The van der Waals surface area contributed by atoms with Gasteiger partial charge in [0.15, 0.2) is 0 Å². The quantitative estimate of drug-likeness (QED) is 0.749. The van der Waals surface area contributed by atoms with Crippen LogP contribution < -0.4 is 16.0 Å². The van der Waals surface area contributed by atoms with E-state index in [1.54, 1.807) is 19.1 Å². The summed E-state index contributed by atoms with van der Waals surface area (Å²) in [4.78, 5) is 34.7. The Morgan fingerprint density at radius 2 is 1.95 bits per heavy atom. The highest BCUT2D eigenvalue weighted by atomic mass is 19.1. The first-order valence-electron chi connectivity index (χ1n) is 7.08. The molecule has 1 fully saturated rings. The Kier molecular flexibility index (Phi) is 5.08. The minimum Gasteiger partial charge on any atom is -0.356 e. The summed E-state index contributed by atoms with van der Waals surface area (Å²) in [6.45, 7) is 2.09. The normalized spacial score (nSPS) is 21.0. The van der Waals surface area contributed by atoms with E-state index in [0.29, 0.717) is 13.0 Å². The molecule has 0 aromatic heterocycles. The molecular weight excluding hydrogens is 289 g/mol. The molecular formula is C15H18FN3O3. The third kappa shape index (κ3) is 4.28. The summed E-state index contributed by atoms with van der Waals surface area (Å²) in [5.74, 6) is -1.58. The number of nitrogens with one attached hydrogen (secondary N) is 3.